The standard InChI is InChI=1S/C18H24N2O/c1-3-10-20-17(18(21-2)13-7-8-13)16-6-4-5-14-12-19-11-9-15(14)16/h4-6,9,11-13,17-18,20H,3,7-8,10H2,1-2H3. The van der Waals surface area contributed by atoms with E-state index in [4.69, 9.17) is 4.74 Å². The largest absolute Gasteiger partial charge is 0.379 e. The molecule has 2 unspecified atom stereocenters. The van der Waals surface area contributed by atoms with Gasteiger partial charge in [0.25, 0.3) is 0 Å². The molecule has 1 N–H and O–H groups in total. The molecule has 3 nitrogen and oxygen atoms in total. The highest BCUT2D eigenvalue weighted by Gasteiger charge is 2.37. The summed E-state index contributed by atoms with van der Waals surface area (Å²) in [6, 6.07) is 8.85. The summed E-state index contributed by atoms with van der Waals surface area (Å²) in [7, 11) is 1.84. The number of ether oxygens (including phenoxy) is 1. The molecule has 3 heteroatoms. The predicted octanol–water partition coefficient (Wildman–Crippen LogP) is 3.70. The van der Waals surface area contributed by atoms with Crippen LogP contribution < -0.4 is 5.32 Å². The van der Waals surface area contributed by atoms with Gasteiger partial charge in [-0.2, -0.15) is 0 Å². The van der Waals surface area contributed by atoms with Gasteiger partial charge in [0.1, 0.15) is 0 Å². The van der Waals surface area contributed by atoms with E-state index in [2.05, 4.69) is 41.5 Å². The van der Waals surface area contributed by atoms with E-state index in [1.165, 1.54) is 29.2 Å². The molecule has 1 aliphatic rings. The molecule has 0 radical (unpaired) electrons. The van der Waals surface area contributed by atoms with Crippen LogP contribution in [0.1, 0.15) is 37.8 Å². The van der Waals surface area contributed by atoms with Gasteiger partial charge in [-0.3, -0.25) is 4.98 Å². The molecule has 0 aliphatic heterocycles. The third kappa shape index (κ3) is 3.09. The molecule has 1 fully saturated rings. The molecule has 0 amide bonds. The second-order valence-electron chi connectivity index (χ2n) is 5.91. The van der Waals surface area contributed by atoms with Gasteiger partial charge in [-0.25, -0.2) is 0 Å². The van der Waals surface area contributed by atoms with Crippen molar-refractivity contribution in [2.24, 2.45) is 5.92 Å². The fourth-order valence-electron chi connectivity index (χ4n) is 3.15. The molecule has 112 valence electrons. The predicted molar refractivity (Wildman–Crippen MR) is 86.3 cm³/mol. The van der Waals surface area contributed by atoms with E-state index in [0.717, 1.165) is 13.0 Å². The van der Waals surface area contributed by atoms with Crippen molar-refractivity contribution in [2.45, 2.75) is 38.3 Å². The van der Waals surface area contributed by atoms with Crippen molar-refractivity contribution in [1.29, 1.82) is 0 Å². The molecular weight excluding hydrogens is 260 g/mol. The minimum atomic E-state index is 0.258. The van der Waals surface area contributed by atoms with Gasteiger partial charge < -0.3 is 10.1 Å². The first-order valence-electron chi connectivity index (χ1n) is 7.94. The minimum Gasteiger partial charge on any atom is -0.379 e. The highest BCUT2D eigenvalue weighted by Crippen LogP contribution is 2.41. The summed E-state index contributed by atoms with van der Waals surface area (Å²) in [5.41, 5.74) is 1.34. The third-order valence-corrected chi connectivity index (χ3v) is 4.35. The molecule has 21 heavy (non-hydrogen) atoms. The van der Waals surface area contributed by atoms with Gasteiger partial charge in [-0.1, -0.05) is 25.1 Å². The Labute approximate surface area is 126 Å². The fourth-order valence-corrected chi connectivity index (χ4v) is 3.15. The lowest BCUT2D eigenvalue weighted by molar-refractivity contribution is 0.0511. The molecule has 0 spiro atoms. The molecule has 1 heterocycles. The Bertz CT molecular complexity index is 589. The van der Waals surface area contributed by atoms with E-state index in [1.54, 1.807) is 0 Å². The second-order valence-corrected chi connectivity index (χ2v) is 5.91. The van der Waals surface area contributed by atoms with Crippen molar-refractivity contribution in [3.63, 3.8) is 0 Å². The van der Waals surface area contributed by atoms with Crippen LogP contribution in [0.2, 0.25) is 0 Å². The van der Waals surface area contributed by atoms with Crippen molar-refractivity contribution >= 4 is 10.8 Å². The molecule has 1 saturated carbocycles. The molecule has 2 atom stereocenters. The first-order chi connectivity index (χ1) is 10.3. The highest BCUT2D eigenvalue weighted by molar-refractivity contribution is 5.85. The van der Waals surface area contributed by atoms with Crippen molar-refractivity contribution in [2.75, 3.05) is 13.7 Å². The Balaban J connectivity index is 2.00. The topological polar surface area (TPSA) is 34.2 Å². The zero-order valence-electron chi connectivity index (χ0n) is 12.9. The van der Waals surface area contributed by atoms with Crippen LogP contribution in [0, 0.1) is 5.92 Å². The van der Waals surface area contributed by atoms with Crippen molar-refractivity contribution < 1.29 is 4.74 Å². The number of hydrogen-bond donors (Lipinski definition) is 1. The average Bonchev–Trinajstić information content (AvgIpc) is 3.36. The van der Waals surface area contributed by atoms with Gasteiger partial charge in [-0.15, -0.1) is 0 Å². The SMILES string of the molecule is CCCNC(c1cccc2cnccc12)C(OC)C1CC1. The van der Waals surface area contributed by atoms with E-state index in [-0.39, 0.29) is 12.1 Å². The monoisotopic (exact) mass is 284 g/mol. The fraction of sp³-hybridized carbons (Fsp3) is 0.500. The Morgan fingerprint density at radius 2 is 2.19 bits per heavy atom. The zero-order valence-corrected chi connectivity index (χ0v) is 12.9. The van der Waals surface area contributed by atoms with E-state index < -0.39 is 0 Å². The Hall–Kier alpha value is -1.45. The first kappa shape index (κ1) is 14.5. The Morgan fingerprint density at radius 3 is 2.90 bits per heavy atom. The minimum absolute atomic E-state index is 0.258. The van der Waals surface area contributed by atoms with Gasteiger partial charge in [-0.05, 0) is 48.7 Å². The van der Waals surface area contributed by atoms with E-state index in [0.29, 0.717) is 5.92 Å². The maximum Gasteiger partial charge on any atom is 0.0794 e. The maximum absolute atomic E-state index is 5.86. The van der Waals surface area contributed by atoms with Gasteiger partial charge in [0.15, 0.2) is 0 Å². The van der Waals surface area contributed by atoms with Crippen molar-refractivity contribution in [1.82, 2.24) is 10.3 Å². The summed E-state index contributed by atoms with van der Waals surface area (Å²) in [5.74, 6) is 0.696. The van der Waals surface area contributed by atoms with Crippen LogP contribution in [0.4, 0.5) is 0 Å². The second kappa shape index (κ2) is 6.54. The molecule has 1 aliphatic carbocycles. The lowest BCUT2D eigenvalue weighted by Crippen LogP contribution is -2.35. The van der Waals surface area contributed by atoms with E-state index >= 15 is 0 Å². The molecule has 0 saturated heterocycles. The summed E-state index contributed by atoms with van der Waals surface area (Å²) < 4.78 is 5.86. The highest BCUT2D eigenvalue weighted by atomic mass is 16.5. The zero-order chi connectivity index (χ0) is 14.7. The molecule has 1 aromatic carbocycles. The lowest BCUT2D eigenvalue weighted by atomic mass is 9.93. The number of fused-ring (bicyclic) bond motifs is 1. The lowest BCUT2D eigenvalue weighted by Gasteiger charge is -2.28. The van der Waals surface area contributed by atoms with Crippen LogP contribution >= 0.6 is 0 Å². The summed E-state index contributed by atoms with van der Waals surface area (Å²) in [4.78, 5) is 4.24. The Kier molecular flexibility index (Phi) is 4.51. The quantitative estimate of drug-likeness (QED) is 0.842. The van der Waals surface area contributed by atoms with Crippen LogP contribution in [0.5, 0.6) is 0 Å². The van der Waals surface area contributed by atoms with Crippen LogP contribution in [0.15, 0.2) is 36.7 Å². The number of methoxy groups -OCH3 is 1. The maximum atomic E-state index is 5.86. The number of hydrogen-bond acceptors (Lipinski definition) is 3. The van der Waals surface area contributed by atoms with Gasteiger partial charge in [0.05, 0.1) is 12.1 Å². The summed E-state index contributed by atoms with van der Waals surface area (Å²) in [6.07, 6.45) is 7.78. The molecule has 3 rings (SSSR count). The molecule has 1 aromatic heterocycles. The van der Waals surface area contributed by atoms with Crippen LogP contribution in [0.3, 0.4) is 0 Å². The smallest absolute Gasteiger partial charge is 0.0794 e. The van der Waals surface area contributed by atoms with Gasteiger partial charge in [0.2, 0.25) is 0 Å². The van der Waals surface area contributed by atoms with Crippen LogP contribution in [-0.2, 0) is 4.74 Å². The number of nitrogens with zero attached hydrogens (tertiary/aromatic N) is 1. The number of benzene rings is 1. The van der Waals surface area contributed by atoms with E-state index in [9.17, 15) is 0 Å². The number of pyridine rings is 1. The third-order valence-electron chi connectivity index (χ3n) is 4.35. The Morgan fingerprint density at radius 1 is 1.33 bits per heavy atom. The van der Waals surface area contributed by atoms with E-state index in [1.807, 2.05) is 19.5 Å². The number of nitrogens with one attached hydrogen (secondary N) is 1. The van der Waals surface area contributed by atoms with Gasteiger partial charge >= 0.3 is 0 Å². The molecule has 0 bridgehead atoms. The first-order valence-corrected chi connectivity index (χ1v) is 7.94. The summed E-state index contributed by atoms with van der Waals surface area (Å²) in [5, 5.41) is 6.18. The van der Waals surface area contributed by atoms with Crippen molar-refractivity contribution in [3.8, 4) is 0 Å². The number of aromatic nitrogens is 1. The summed E-state index contributed by atoms with van der Waals surface area (Å²) >= 11 is 0. The normalized spacial score (nSPS) is 17.8. The van der Waals surface area contributed by atoms with Crippen molar-refractivity contribution in [3.05, 3.63) is 42.2 Å². The average molecular weight is 284 g/mol. The van der Waals surface area contributed by atoms with Crippen LogP contribution in [0.25, 0.3) is 10.8 Å². The van der Waals surface area contributed by atoms with Gasteiger partial charge in [0, 0.05) is 24.9 Å². The molecular formula is C18H24N2O. The van der Waals surface area contributed by atoms with Crippen LogP contribution in [-0.4, -0.2) is 24.7 Å². The summed E-state index contributed by atoms with van der Waals surface area (Å²) in [6.45, 7) is 3.22. The molecule has 2 aromatic rings. The number of rotatable bonds is 7.